The molecule has 6 heteroatoms. The van der Waals surface area contributed by atoms with Gasteiger partial charge in [0.25, 0.3) is 0 Å². The number of amides is 1. The van der Waals surface area contributed by atoms with E-state index in [0.717, 1.165) is 0 Å². The second-order valence-corrected chi connectivity index (χ2v) is 5.41. The first-order valence-electron chi connectivity index (χ1n) is 6.06. The Morgan fingerprint density at radius 2 is 2.00 bits per heavy atom. The zero-order valence-corrected chi connectivity index (χ0v) is 11.6. The molecule has 0 aliphatic heterocycles. The lowest BCUT2D eigenvalue weighted by atomic mass is 10.1. The number of aromatic carboxylic acids is 1. The quantitative estimate of drug-likeness (QED) is 0.753. The summed E-state index contributed by atoms with van der Waals surface area (Å²) in [6.45, 7) is 7.65. The molecule has 106 valence electrons. The van der Waals surface area contributed by atoms with Crippen LogP contribution in [0.5, 0.6) is 0 Å². The monoisotopic (exact) mass is 268 g/mol. The summed E-state index contributed by atoms with van der Waals surface area (Å²) >= 11 is 0. The Labute approximate surface area is 112 Å². The van der Waals surface area contributed by atoms with Crippen molar-refractivity contribution in [3.8, 4) is 0 Å². The van der Waals surface area contributed by atoms with E-state index in [4.69, 9.17) is 9.52 Å². The van der Waals surface area contributed by atoms with Crippen LogP contribution in [-0.2, 0) is 4.79 Å². The fourth-order valence-electron chi connectivity index (χ4n) is 1.51. The van der Waals surface area contributed by atoms with E-state index in [2.05, 4.69) is 10.6 Å². The van der Waals surface area contributed by atoms with Gasteiger partial charge in [-0.25, -0.2) is 4.79 Å². The Bertz CT molecular complexity index is 459. The predicted molar refractivity (Wildman–Crippen MR) is 70.0 cm³/mol. The third-order valence-corrected chi connectivity index (χ3v) is 2.35. The summed E-state index contributed by atoms with van der Waals surface area (Å²) in [5, 5.41) is 14.5. The van der Waals surface area contributed by atoms with Crippen molar-refractivity contribution in [1.82, 2.24) is 10.6 Å². The van der Waals surface area contributed by atoms with E-state index in [9.17, 15) is 9.59 Å². The van der Waals surface area contributed by atoms with Gasteiger partial charge in [0.05, 0.1) is 12.6 Å². The minimum atomic E-state index is -1.11. The van der Waals surface area contributed by atoms with Crippen molar-refractivity contribution >= 4 is 11.9 Å². The lowest BCUT2D eigenvalue weighted by Gasteiger charge is -2.21. The maximum atomic E-state index is 11.6. The Balaban J connectivity index is 2.48. The zero-order chi connectivity index (χ0) is 14.6. The maximum Gasteiger partial charge on any atom is 0.371 e. The van der Waals surface area contributed by atoms with Gasteiger partial charge in [0.2, 0.25) is 11.7 Å². The predicted octanol–water partition coefficient (Wildman–Crippen LogP) is 1.54. The molecule has 0 saturated carbocycles. The van der Waals surface area contributed by atoms with Crippen molar-refractivity contribution in [3.63, 3.8) is 0 Å². The summed E-state index contributed by atoms with van der Waals surface area (Å²) in [7, 11) is 0. The molecular weight excluding hydrogens is 248 g/mol. The molecule has 3 N–H and O–H groups in total. The molecule has 0 bridgehead atoms. The van der Waals surface area contributed by atoms with Crippen LogP contribution >= 0.6 is 0 Å². The molecule has 0 fully saturated rings. The number of hydrogen-bond acceptors (Lipinski definition) is 4. The van der Waals surface area contributed by atoms with Gasteiger partial charge < -0.3 is 14.8 Å². The van der Waals surface area contributed by atoms with Crippen LogP contribution in [-0.4, -0.2) is 29.1 Å². The number of rotatable bonds is 5. The molecule has 0 spiro atoms. The fraction of sp³-hybridized carbons (Fsp3) is 0.538. The highest BCUT2D eigenvalue weighted by Gasteiger charge is 2.17. The fourth-order valence-corrected chi connectivity index (χ4v) is 1.51. The smallest absolute Gasteiger partial charge is 0.371 e. The van der Waals surface area contributed by atoms with Gasteiger partial charge in [-0.1, -0.05) is 0 Å². The van der Waals surface area contributed by atoms with Crippen LogP contribution in [0.3, 0.4) is 0 Å². The van der Waals surface area contributed by atoms with Crippen molar-refractivity contribution in [2.45, 2.75) is 39.3 Å². The van der Waals surface area contributed by atoms with Gasteiger partial charge >= 0.3 is 5.97 Å². The van der Waals surface area contributed by atoms with Gasteiger partial charge in [-0.2, -0.15) is 0 Å². The van der Waals surface area contributed by atoms with E-state index in [-0.39, 0.29) is 29.8 Å². The van der Waals surface area contributed by atoms with Crippen LogP contribution in [0, 0.1) is 0 Å². The molecule has 6 nitrogen and oxygen atoms in total. The average Bonchev–Trinajstić information content (AvgIpc) is 2.72. The summed E-state index contributed by atoms with van der Waals surface area (Å²) in [6, 6.07) is 2.74. The van der Waals surface area contributed by atoms with E-state index < -0.39 is 5.97 Å². The van der Waals surface area contributed by atoms with E-state index >= 15 is 0 Å². The number of carbonyl (C=O) groups is 2. The number of furan rings is 1. The minimum Gasteiger partial charge on any atom is -0.475 e. The third kappa shape index (κ3) is 5.13. The molecule has 1 unspecified atom stereocenters. The van der Waals surface area contributed by atoms with Crippen LogP contribution < -0.4 is 10.6 Å². The van der Waals surface area contributed by atoms with Gasteiger partial charge in [0.15, 0.2) is 0 Å². The van der Waals surface area contributed by atoms with Crippen molar-refractivity contribution < 1.29 is 19.1 Å². The SMILES string of the molecule is CC(NCC(=O)NC(C)(C)C)c1ccc(C(=O)O)o1. The number of carboxylic acid groups (broad SMARTS) is 1. The number of carboxylic acids is 1. The summed E-state index contributed by atoms with van der Waals surface area (Å²) in [4.78, 5) is 22.3. The van der Waals surface area contributed by atoms with Gasteiger partial charge in [-0.15, -0.1) is 0 Å². The van der Waals surface area contributed by atoms with Crippen LogP contribution in [0.15, 0.2) is 16.5 Å². The molecule has 0 saturated heterocycles. The summed E-state index contributed by atoms with van der Waals surface area (Å²) in [6.07, 6.45) is 0. The van der Waals surface area contributed by atoms with Gasteiger partial charge in [-0.3, -0.25) is 10.1 Å². The van der Waals surface area contributed by atoms with Crippen molar-refractivity contribution in [3.05, 3.63) is 23.7 Å². The van der Waals surface area contributed by atoms with Gasteiger partial charge in [-0.05, 0) is 39.8 Å². The molecule has 19 heavy (non-hydrogen) atoms. The molecule has 1 amide bonds. The molecule has 0 aliphatic carbocycles. The second-order valence-electron chi connectivity index (χ2n) is 5.41. The van der Waals surface area contributed by atoms with Gasteiger partial charge in [0.1, 0.15) is 5.76 Å². The van der Waals surface area contributed by atoms with E-state index in [1.807, 2.05) is 20.8 Å². The third-order valence-electron chi connectivity index (χ3n) is 2.35. The minimum absolute atomic E-state index is 0.109. The number of carbonyl (C=O) groups excluding carboxylic acids is 1. The Morgan fingerprint density at radius 3 is 2.47 bits per heavy atom. The lowest BCUT2D eigenvalue weighted by molar-refractivity contribution is -0.121. The van der Waals surface area contributed by atoms with Crippen LogP contribution in [0.1, 0.15) is 50.1 Å². The summed E-state index contributed by atoms with van der Waals surface area (Å²) < 4.78 is 5.15. The highest BCUT2D eigenvalue weighted by Crippen LogP contribution is 2.15. The Hall–Kier alpha value is -1.82. The average molecular weight is 268 g/mol. The lowest BCUT2D eigenvalue weighted by Crippen LogP contribution is -2.45. The first-order valence-corrected chi connectivity index (χ1v) is 6.06. The molecular formula is C13H20N2O4. The van der Waals surface area contributed by atoms with E-state index in [1.54, 1.807) is 13.0 Å². The molecule has 1 aromatic heterocycles. The first-order chi connectivity index (χ1) is 8.69. The normalized spacial score (nSPS) is 13.1. The highest BCUT2D eigenvalue weighted by atomic mass is 16.4. The molecule has 0 aliphatic rings. The van der Waals surface area contributed by atoms with Crippen LogP contribution in [0.4, 0.5) is 0 Å². The van der Waals surface area contributed by atoms with E-state index in [0.29, 0.717) is 5.76 Å². The first kappa shape index (κ1) is 15.2. The zero-order valence-electron chi connectivity index (χ0n) is 11.6. The molecule has 1 aromatic rings. The van der Waals surface area contributed by atoms with Crippen LogP contribution in [0.2, 0.25) is 0 Å². The van der Waals surface area contributed by atoms with Crippen molar-refractivity contribution in [1.29, 1.82) is 0 Å². The maximum absolute atomic E-state index is 11.6. The molecule has 1 atom stereocenters. The Morgan fingerprint density at radius 1 is 1.37 bits per heavy atom. The number of hydrogen-bond donors (Lipinski definition) is 3. The van der Waals surface area contributed by atoms with E-state index in [1.165, 1.54) is 6.07 Å². The van der Waals surface area contributed by atoms with Crippen molar-refractivity contribution in [2.75, 3.05) is 6.54 Å². The topological polar surface area (TPSA) is 91.6 Å². The molecule has 0 aromatic carbocycles. The number of nitrogens with one attached hydrogen (secondary N) is 2. The standard InChI is InChI=1S/C13H20N2O4/c1-8(9-5-6-10(19-9)12(17)18)14-7-11(16)15-13(2,3)4/h5-6,8,14H,7H2,1-4H3,(H,15,16)(H,17,18). The molecule has 0 radical (unpaired) electrons. The summed E-state index contributed by atoms with van der Waals surface area (Å²) in [5.41, 5.74) is -0.275. The molecule has 1 heterocycles. The van der Waals surface area contributed by atoms with Crippen molar-refractivity contribution in [2.24, 2.45) is 0 Å². The second kappa shape index (κ2) is 5.88. The largest absolute Gasteiger partial charge is 0.475 e. The highest BCUT2D eigenvalue weighted by molar-refractivity contribution is 5.84. The van der Waals surface area contributed by atoms with Crippen LogP contribution in [0.25, 0.3) is 0 Å². The summed E-state index contributed by atoms with van der Waals surface area (Å²) in [5.74, 6) is -0.850. The molecule has 1 rings (SSSR count). The Kier molecular flexibility index (Phi) is 4.72. The van der Waals surface area contributed by atoms with Gasteiger partial charge in [0, 0.05) is 5.54 Å².